The van der Waals surface area contributed by atoms with Crippen molar-refractivity contribution in [3.05, 3.63) is 0 Å². The quantitative estimate of drug-likeness (QED) is 0.599. The maximum Gasteiger partial charge on any atom is 0.410 e. The lowest BCUT2D eigenvalue weighted by molar-refractivity contribution is -0.157. The lowest BCUT2D eigenvalue weighted by atomic mass is 9.49. The largest absolute Gasteiger partial charge is 0.444 e. The molecule has 2 atom stereocenters. The van der Waals surface area contributed by atoms with Crippen molar-refractivity contribution in [1.29, 1.82) is 0 Å². The number of halogens is 1. The smallest absolute Gasteiger partial charge is 0.410 e. The third kappa shape index (κ3) is 3.38. The molecule has 5 rings (SSSR count). The first-order chi connectivity index (χ1) is 12.1. The number of hydrogen-bond acceptors (Lipinski definition) is 3. The normalized spacial score (nSPS) is 39.2. The minimum Gasteiger partial charge on any atom is -0.444 e. The Morgan fingerprint density at radius 1 is 0.962 bits per heavy atom. The van der Waals surface area contributed by atoms with Crippen LogP contribution in [0.25, 0.3) is 0 Å². The first kappa shape index (κ1) is 18.6. The molecule has 0 aromatic heterocycles. The van der Waals surface area contributed by atoms with Crippen LogP contribution in [-0.4, -0.2) is 57.9 Å². The number of piperazine rings is 1. The molecule has 1 aliphatic heterocycles. The van der Waals surface area contributed by atoms with Crippen LogP contribution in [-0.2, 0) is 9.53 Å². The van der Waals surface area contributed by atoms with E-state index in [4.69, 9.17) is 4.74 Å². The van der Waals surface area contributed by atoms with Crippen LogP contribution >= 0.6 is 15.9 Å². The Labute approximate surface area is 164 Å². The van der Waals surface area contributed by atoms with Gasteiger partial charge in [0, 0.05) is 30.5 Å². The molecule has 6 heteroatoms. The lowest BCUT2D eigenvalue weighted by Gasteiger charge is -2.60. The fourth-order valence-electron chi connectivity index (χ4n) is 6.15. The zero-order chi connectivity index (χ0) is 18.7. The highest BCUT2D eigenvalue weighted by molar-refractivity contribution is 9.10. The molecule has 2 unspecified atom stereocenters. The fourth-order valence-corrected chi connectivity index (χ4v) is 7.61. The molecule has 4 aliphatic carbocycles. The topological polar surface area (TPSA) is 49.9 Å². The Bertz CT molecular complexity index is 593. The summed E-state index contributed by atoms with van der Waals surface area (Å²) in [5.74, 6) is 1.77. The van der Waals surface area contributed by atoms with Gasteiger partial charge in [0.25, 0.3) is 0 Å². The van der Waals surface area contributed by atoms with Crippen molar-refractivity contribution in [3.8, 4) is 0 Å². The van der Waals surface area contributed by atoms with Gasteiger partial charge in [0.1, 0.15) is 5.60 Å². The number of carbonyl (C=O) groups is 2. The minimum atomic E-state index is -0.479. The highest BCUT2D eigenvalue weighted by atomic mass is 79.9. The van der Waals surface area contributed by atoms with Gasteiger partial charge in [0.2, 0.25) is 5.91 Å². The molecule has 26 heavy (non-hydrogen) atoms. The second-order valence-electron chi connectivity index (χ2n) is 10.2. The molecule has 1 heterocycles. The predicted molar refractivity (Wildman–Crippen MR) is 103 cm³/mol. The summed E-state index contributed by atoms with van der Waals surface area (Å²) in [6.07, 6.45) is 6.67. The number of ether oxygens (including phenoxy) is 1. The molecule has 0 radical (unpaired) electrons. The standard InChI is InChI=1S/C20H31BrN2O3/c1-18(2,3)26-17(25)23-6-4-22(5-7-23)16(24)19-9-14-8-15(10-19)12-20(21,11-14)13-19/h14-15H,4-13H2,1-3H3. The highest BCUT2D eigenvalue weighted by Crippen LogP contribution is 2.64. The Kier molecular flexibility index (Phi) is 4.37. The number of amides is 2. The number of rotatable bonds is 1. The second-order valence-corrected chi connectivity index (χ2v) is 11.8. The first-order valence-electron chi connectivity index (χ1n) is 10.0. The monoisotopic (exact) mass is 426 g/mol. The van der Waals surface area contributed by atoms with Gasteiger partial charge >= 0.3 is 6.09 Å². The van der Waals surface area contributed by atoms with E-state index in [2.05, 4.69) is 15.9 Å². The summed E-state index contributed by atoms with van der Waals surface area (Å²) in [4.78, 5) is 29.5. The van der Waals surface area contributed by atoms with Gasteiger partial charge in [-0.3, -0.25) is 4.79 Å². The third-order valence-corrected chi connectivity index (χ3v) is 7.59. The van der Waals surface area contributed by atoms with E-state index >= 15 is 0 Å². The summed E-state index contributed by atoms with van der Waals surface area (Å²) < 4.78 is 5.66. The van der Waals surface area contributed by atoms with E-state index in [1.54, 1.807) is 4.90 Å². The van der Waals surface area contributed by atoms with Crippen LogP contribution in [0.4, 0.5) is 4.79 Å². The van der Waals surface area contributed by atoms with Crippen LogP contribution in [0.15, 0.2) is 0 Å². The molecule has 0 N–H and O–H groups in total. The maximum atomic E-state index is 13.5. The summed E-state index contributed by atoms with van der Waals surface area (Å²) in [6.45, 7) is 8.05. The van der Waals surface area contributed by atoms with Crippen LogP contribution in [0.2, 0.25) is 0 Å². The van der Waals surface area contributed by atoms with E-state index in [1.807, 2.05) is 25.7 Å². The van der Waals surface area contributed by atoms with Gasteiger partial charge in [-0.25, -0.2) is 4.79 Å². The van der Waals surface area contributed by atoms with Crippen LogP contribution in [0, 0.1) is 17.3 Å². The highest BCUT2D eigenvalue weighted by Gasteiger charge is 2.60. The van der Waals surface area contributed by atoms with E-state index in [1.165, 1.54) is 19.3 Å². The maximum absolute atomic E-state index is 13.5. The van der Waals surface area contributed by atoms with Crippen molar-refractivity contribution in [2.24, 2.45) is 17.3 Å². The zero-order valence-corrected chi connectivity index (χ0v) is 17.8. The minimum absolute atomic E-state index is 0.151. The van der Waals surface area contributed by atoms with E-state index in [-0.39, 0.29) is 15.8 Å². The summed E-state index contributed by atoms with van der Waals surface area (Å²) >= 11 is 4.00. The van der Waals surface area contributed by atoms with Crippen LogP contribution in [0.5, 0.6) is 0 Å². The summed E-state index contributed by atoms with van der Waals surface area (Å²) in [6, 6.07) is 0. The lowest BCUT2D eigenvalue weighted by Crippen LogP contribution is -2.61. The van der Waals surface area contributed by atoms with Gasteiger partial charge in [0.15, 0.2) is 0 Å². The van der Waals surface area contributed by atoms with Crippen molar-refractivity contribution in [2.75, 3.05) is 26.2 Å². The van der Waals surface area contributed by atoms with E-state index in [9.17, 15) is 9.59 Å². The third-order valence-electron chi connectivity index (χ3n) is 6.66. The Balaban J connectivity index is 1.39. The van der Waals surface area contributed by atoms with Crippen molar-refractivity contribution in [2.45, 2.75) is 69.2 Å². The molecule has 0 spiro atoms. The molecule has 2 amide bonds. The molecule has 4 saturated carbocycles. The molecule has 5 fully saturated rings. The summed E-state index contributed by atoms with van der Waals surface area (Å²) in [5.41, 5.74) is -0.630. The molecule has 0 aromatic rings. The fraction of sp³-hybridized carbons (Fsp3) is 0.900. The van der Waals surface area contributed by atoms with Crippen LogP contribution < -0.4 is 0 Å². The van der Waals surface area contributed by atoms with E-state index < -0.39 is 5.60 Å². The van der Waals surface area contributed by atoms with Crippen LogP contribution in [0.1, 0.15) is 59.3 Å². The number of nitrogens with zero attached hydrogens (tertiary/aromatic N) is 2. The summed E-state index contributed by atoms with van der Waals surface area (Å²) in [7, 11) is 0. The number of carbonyl (C=O) groups excluding carboxylic acids is 2. The van der Waals surface area contributed by atoms with Gasteiger partial charge in [-0.1, -0.05) is 15.9 Å². The van der Waals surface area contributed by atoms with E-state index in [0.717, 1.165) is 19.3 Å². The predicted octanol–water partition coefficient (Wildman–Crippen LogP) is 3.80. The van der Waals surface area contributed by atoms with E-state index in [0.29, 0.717) is 43.9 Å². The average molecular weight is 427 g/mol. The molecular weight excluding hydrogens is 396 g/mol. The number of alkyl halides is 1. The van der Waals surface area contributed by atoms with Gasteiger partial charge in [0.05, 0.1) is 5.41 Å². The molecular formula is C20H31BrN2O3. The zero-order valence-electron chi connectivity index (χ0n) is 16.2. The van der Waals surface area contributed by atoms with Gasteiger partial charge in [-0.15, -0.1) is 0 Å². The molecule has 146 valence electrons. The Morgan fingerprint density at radius 2 is 1.50 bits per heavy atom. The van der Waals surface area contributed by atoms with Crippen molar-refractivity contribution in [1.82, 2.24) is 9.80 Å². The summed E-state index contributed by atoms with van der Waals surface area (Å²) in [5, 5.41) is 0. The van der Waals surface area contributed by atoms with Crippen LogP contribution in [0.3, 0.4) is 0 Å². The molecule has 5 nitrogen and oxygen atoms in total. The van der Waals surface area contributed by atoms with Gasteiger partial charge in [-0.05, 0) is 71.1 Å². The average Bonchev–Trinajstić information content (AvgIpc) is 2.50. The van der Waals surface area contributed by atoms with Crippen molar-refractivity contribution >= 4 is 27.9 Å². The molecule has 1 saturated heterocycles. The second kappa shape index (κ2) is 6.11. The van der Waals surface area contributed by atoms with Crippen molar-refractivity contribution in [3.63, 3.8) is 0 Å². The molecule has 4 bridgehead atoms. The van der Waals surface area contributed by atoms with Crippen molar-refractivity contribution < 1.29 is 14.3 Å². The molecule has 5 aliphatic rings. The first-order valence-corrected chi connectivity index (χ1v) is 10.8. The Morgan fingerprint density at radius 3 is 2.00 bits per heavy atom. The van der Waals surface area contributed by atoms with Gasteiger partial charge in [-0.2, -0.15) is 0 Å². The SMILES string of the molecule is CC(C)(C)OC(=O)N1CCN(C(=O)C23CC4CC(CC(Br)(C4)C2)C3)CC1. The molecule has 0 aromatic carbocycles. The Hall–Kier alpha value is -0.780. The van der Waals surface area contributed by atoms with Gasteiger partial charge < -0.3 is 14.5 Å². The number of hydrogen-bond donors (Lipinski definition) is 0.